The summed E-state index contributed by atoms with van der Waals surface area (Å²) < 4.78 is 62.5. The van der Waals surface area contributed by atoms with E-state index in [4.69, 9.17) is 4.74 Å². The molecule has 0 unspecified atom stereocenters. The zero-order valence-electron chi connectivity index (χ0n) is 15.7. The summed E-state index contributed by atoms with van der Waals surface area (Å²) in [4.78, 5) is 0. The van der Waals surface area contributed by atoms with Crippen molar-refractivity contribution in [3.63, 3.8) is 0 Å². The van der Waals surface area contributed by atoms with Crippen LogP contribution in [-0.4, -0.2) is 0 Å². The van der Waals surface area contributed by atoms with E-state index in [0.29, 0.717) is 17.9 Å². The van der Waals surface area contributed by atoms with Crippen LogP contribution >= 0.6 is 0 Å². The van der Waals surface area contributed by atoms with Crippen LogP contribution < -0.4 is 4.74 Å². The van der Waals surface area contributed by atoms with Gasteiger partial charge >= 0.3 is 0 Å². The summed E-state index contributed by atoms with van der Waals surface area (Å²) in [7, 11) is 0. The summed E-state index contributed by atoms with van der Waals surface area (Å²) >= 11 is 0. The Morgan fingerprint density at radius 1 is 0.533 bits per heavy atom. The fourth-order valence-corrected chi connectivity index (χ4v) is 3.16. The van der Waals surface area contributed by atoms with Crippen LogP contribution in [0.2, 0.25) is 0 Å². The molecule has 0 spiro atoms. The second-order valence-corrected chi connectivity index (χ2v) is 6.69. The van der Waals surface area contributed by atoms with Crippen molar-refractivity contribution in [2.24, 2.45) is 0 Å². The maximum absolute atomic E-state index is 14.7. The Bertz CT molecular complexity index is 1170. The zero-order valence-corrected chi connectivity index (χ0v) is 15.7. The van der Waals surface area contributed by atoms with Gasteiger partial charge in [0.1, 0.15) is 12.4 Å². The molecule has 0 heterocycles. The fraction of sp³-hybridized carbons (Fsp3) is 0.0400. The topological polar surface area (TPSA) is 9.23 Å². The van der Waals surface area contributed by atoms with Gasteiger partial charge in [-0.05, 0) is 29.3 Å². The third kappa shape index (κ3) is 3.92. The predicted octanol–water partition coefficient (Wildman–Crippen LogP) is 7.16. The molecule has 0 fully saturated rings. The van der Waals surface area contributed by atoms with Crippen LogP contribution in [0.4, 0.5) is 17.6 Å². The van der Waals surface area contributed by atoms with Crippen molar-refractivity contribution in [1.29, 1.82) is 0 Å². The van der Waals surface area contributed by atoms with Gasteiger partial charge < -0.3 is 4.74 Å². The Morgan fingerprint density at radius 3 is 1.90 bits per heavy atom. The summed E-state index contributed by atoms with van der Waals surface area (Å²) in [6.07, 6.45) is 0. The van der Waals surface area contributed by atoms with Crippen LogP contribution in [0, 0.1) is 23.3 Å². The molecular weight excluding hydrogens is 392 g/mol. The Hall–Kier alpha value is -3.60. The molecule has 5 heteroatoms. The molecule has 4 aromatic rings. The molecule has 0 N–H and O–H groups in total. The summed E-state index contributed by atoms with van der Waals surface area (Å²) in [6.45, 7) is 0.386. The summed E-state index contributed by atoms with van der Waals surface area (Å²) in [5.41, 5.74) is 0.793. The third-order valence-electron chi connectivity index (χ3n) is 4.74. The summed E-state index contributed by atoms with van der Waals surface area (Å²) in [5, 5.41) is 0. The van der Waals surface area contributed by atoms with E-state index < -0.39 is 23.3 Å². The van der Waals surface area contributed by atoms with Gasteiger partial charge in [0.05, 0.1) is 0 Å². The predicted molar refractivity (Wildman–Crippen MR) is 108 cm³/mol. The van der Waals surface area contributed by atoms with Crippen LogP contribution in [0.15, 0.2) is 84.9 Å². The minimum Gasteiger partial charge on any atom is -0.489 e. The van der Waals surface area contributed by atoms with Gasteiger partial charge in [-0.3, -0.25) is 0 Å². The number of benzene rings is 4. The average Bonchev–Trinajstić information content (AvgIpc) is 2.78. The van der Waals surface area contributed by atoms with Crippen molar-refractivity contribution in [2.75, 3.05) is 0 Å². The van der Waals surface area contributed by atoms with Gasteiger partial charge in [0, 0.05) is 16.7 Å². The van der Waals surface area contributed by atoms with Crippen LogP contribution in [0.3, 0.4) is 0 Å². The van der Waals surface area contributed by atoms with Crippen molar-refractivity contribution in [3.8, 4) is 28.0 Å². The first-order valence-electron chi connectivity index (χ1n) is 9.24. The molecular formula is C25H16F4O. The smallest absolute Gasteiger partial charge is 0.167 e. The van der Waals surface area contributed by atoms with Crippen molar-refractivity contribution >= 4 is 0 Å². The molecule has 0 atom stereocenters. The van der Waals surface area contributed by atoms with Gasteiger partial charge in [-0.1, -0.05) is 66.7 Å². The van der Waals surface area contributed by atoms with Crippen LogP contribution in [-0.2, 0) is 6.61 Å². The molecule has 0 saturated heterocycles. The molecule has 0 amide bonds. The van der Waals surface area contributed by atoms with Crippen molar-refractivity contribution in [3.05, 3.63) is 114 Å². The van der Waals surface area contributed by atoms with E-state index in [1.54, 1.807) is 24.3 Å². The van der Waals surface area contributed by atoms with Crippen LogP contribution in [0.25, 0.3) is 22.3 Å². The first-order valence-corrected chi connectivity index (χ1v) is 9.24. The van der Waals surface area contributed by atoms with E-state index in [1.807, 2.05) is 30.3 Å². The molecule has 0 saturated carbocycles. The van der Waals surface area contributed by atoms with Gasteiger partial charge in [0.2, 0.25) is 0 Å². The Morgan fingerprint density at radius 2 is 1.17 bits per heavy atom. The van der Waals surface area contributed by atoms with Crippen molar-refractivity contribution < 1.29 is 22.3 Å². The first-order chi connectivity index (χ1) is 14.5. The minimum atomic E-state index is -1.23. The van der Waals surface area contributed by atoms with E-state index >= 15 is 0 Å². The number of hydrogen-bond donors (Lipinski definition) is 0. The summed E-state index contributed by atoms with van der Waals surface area (Å²) in [6, 6.07) is 22.1. The van der Waals surface area contributed by atoms with Crippen LogP contribution in [0.5, 0.6) is 5.75 Å². The Labute approximate surface area is 171 Å². The van der Waals surface area contributed by atoms with E-state index in [2.05, 4.69) is 0 Å². The largest absolute Gasteiger partial charge is 0.489 e. The molecule has 0 bridgehead atoms. The lowest BCUT2D eigenvalue weighted by molar-refractivity contribution is 0.306. The van der Waals surface area contributed by atoms with E-state index in [1.165, 1.54) is 24.3 Å². The normalized spacial score (nSPS) is 10.8. The van der Waals surface area contributed by atoms with E-state index in [0.717, 1.165) is 11.6 Å². The Balaban J connectivity index is 1.58. The molecule has 4 rings (SSSR count). The first kappa shape index (κ1) is 19.7. The molecule has 0 aliphatic rings. The molecule has 1 nitrogen and oxygen atoms in total. The maximum Gasteiger partial charge on any atom is 0.167 e. The summed E-state index contributed by atoms with van der Waals surface area (Å²) in [5.74, 6) is -4.12. The van der Waals surface area contributed by atoms with E-state index in [9.17, 15) is 17.6 Å². The highest BCUT2D eigenvalue weighted by Crippen LogP contribution is 2.33. The van der Waals surface area contributed by atoms with Gasteiger partial charge in [-0.25, -0.2) is 17.6 Å². The average molecular weight is 408 g/mol. The lowest BCUT2D eigenvalue weighted by atomic mass is 9.98. The lowest BCUT2D eigenvalue weighted by Crippen LogP contribution is -1.97. The number of halogens is 4. The van der Waals surface area contributed by atoms with Crippen molar-refractivity contribution in [1.82, 2.24) is 0 Å². The van der Waals surface area contributed by atoms with Gasteiger partial charge in [-0.2, -0.15) is 0 Å². The molecule has 0 aliphatic carbocycles. The highest BCUT2D eigenvalue weighted by molar-refractivity contribution is 5.72. The molecule has 0 aliphatic heterocycles. The second kappa shape index (κ2) is 8.41. The lowest BCUT2D eigenvalue weighted by Gasteiger charge is -2.11. The molecule has 150 valence electrons. The van der Waals surface area contributed by atoms with E-state index in [-0.39, 0.29) is 16.7 Å². The standard InChI is InChI=1S/C25H16F4O/c26-22-8-4-7-20(23(22)27)21-14-13-19(24(28)25(21)29)17-9-11-18(12-10-17)30-15-16-5-2-1-3-6-16/h1-14H,15H2. The Kier molecular flexibility index (Phi) is 5.53. The molecule has 4 aromatic carbocycles. The highest BCUT2D eigenvalue weighted by Gasteiger charge is 2.19. The van der Waals surface area contributed by atoms with Gasteiger partial charge in [-0.15, -0.1) is 0 Å². The fourth-order valence-electron chi connectivity index (χ4n) is 3.16. The van der Waals surface area contributed by atoms with Gasteiger partial charge in [0.25, 0.3) is 0 Å². The number of hydrogen-bond acceptors (Lipinski definition) is 1. The van der Waals surface area contributed by atoms with Crippen LogP contribution in [0.1, 0.15) is 5.56 Å². The van der Waals surface area contributed by atoms with Gasteiger partial charge in [0.15, 0.2) is 23.3 Å². The molecule has 0 aromatic heterocycles. The number of rotatable bonds is 5. The number of ether oxygens (including phenoxy) is 1. The SMILES string of the molecule is Fc1cccc(-c2ccc(-c3ccc(OCc4ccccc4)cc3)c(F)c2F)c1F. The third-order valence-corrected chi connectivity index (χ3v) is 4.74. The monoisotopic (exact) mass is 408 g/mol. The second-order valence-electron chi connectivity index (χ2n) is 6.69. The minimum absolute atomic E-state index is 0.0164. The molecule has 0 radical (unpaired) electrons. The highest BCUT2D eigenvalue weighted by atomic mass is 19.2. The zero-order chi connectivity index (χ0) is 21.1. The quantitative estimate of drug-likeness (QED) is 0.319. The molecule has 30 heavy (non-hydrogen) atoms. The van der Waals surface area contributed by atoms with Crippen molar-refractivity contribution in [2.45, 2.75) is 6.61 Å². The maximum atomic E-state index is 14.7.